The monoisotopic (exact) mass is 256 g/mol. The van der Waals surface area contributed by atoms with Crippen LogP contribution in [0.1, 0.15) is 38.5 Å². The SMILES string of the molecule is OC[C@@H](O)[C@@](O)(CO)C12CC3CC(CC(C3)C1)C2. The van der Waals surface area contributed by atoms with Crippen molar-refractivity contribution in [1.29, 1.82) is 0 Å². The molecule has 0 saturated heterocycles. The van der Waals surface area contributed by atoms with Crippen LogP contribution in [-0.2, 0) is 0 Å². The second-order valence-electron chi connectivity index (χ2n) is 6.98. The first kappa shape index (κ1) is 12.9. The van der Waals surface area contributed by atoms with Gasteiger partial charge in [-0.05, 0) is 56.3 Å². The minimum absolute atomic E-state index is 0.376. The van der Waals surface area contributed by atoms with Crippen LogP contribution < -0.4 is 0 Å². The van der Waals surface area contributed by atoms with Gasteiger partial charge in [0.05, 0.1) is 13.2 Å². The van der Waals surface area contributed by atoms with Gasteiger partial charge in [-0.2, -0.15) is 0 Å². The van der Waals surface area contributed by atoms with Gasteiger partial charge in [0.15, 0.2) is 0 Å². The van der Waals surface area contributed by atoms with Gasteiger partial charge in [-0.25, -0.2) is 0 Å². The summed E-state index contributed by atoms with van der Waals surface area (Å²) < 4.78 is 0. The Kier molecular flexibility index (Phi) is 2.98. The molecule has 4 heteroatoms. The van der Waals surface area contributed by atoms with E-state index in [0.717, 1.165) is 19.3 Å². The Morgan fingerprint density at radius 2 is 1.44 bits per heavy atom. The van der Waals surface area contributed by atoms with Gasteiger partial charge in [0.2, 0.25) is 0 Å². The zero-order valence-electron chi connectivity index (χ0n) is 10.8. The second-order valence-corrected chi connectivity index (χ2v) is 6.98. The van der Waals surface area contributed by atoms with Gasteiger partial charge >= 0.3 is 0 Å². The Morgan fingerprint density at radius 1 is 1.00 bits per heavy atom. The van der Waals surface area contributed by atoms with Gasteiger partial charge in [0, 0.05) is 5.41 Å². The van der Waals surface area contributed by atoms with Crippen molar-refractivity contribution < 1.29 is 20.4 Å². The first-order valence-electron chi connectivity index (χ1n) is 7.15. The minimum atomic E-state index is -1.53. The van der Waals surface area contributed by atoms with Crippen LogP contribution in [0.5, 0.6) is 0 Å². The molecule has 4 nitrogen and oxygen atoms in total. The van der Waals surface area contributed by atoms with Gasteiger partial charge in [0.25, 0.3) is 0 Å². The summed E-state index contributed by atoms with van der Waals surface area (Å²) in [7, 11) is 0. The largest absolute Gasteiger partial charge is 0.394 e. The molecule has 0 aromatic heterocycles. The molecule has 4 fully saturated rings. The van der Waals surface area contributed by atoms with E-state index in [-0.39, 0.29) is 5.41 Å². The van der Waals surface area contributed by atoms with E-state index < -0.39 is 24.9 Å². The van der Waals surface area contributed by atoms with E-state index in [1.165, 1.54) is 19.3 Å². The Labute approximate surface area is 108 Å². The molecular formula is C14H24O4. The molecule has 4 bridgehead atoms. The number of hydrogen-bond acceptors (Lipinski definition) is 4. The predicted molar refractivity (Wildman–Crippen MR) is 65.7 cm³/mol. The van der Waals surface area contributed by atoms with Crippen molar-refractivity contribution >= 4 is 0 Å². The highest BCUT2D eigenvalue weighted by Gasteiger charge is 2.62. The molecule has 4 aliphatic carbocycles. The smallest absolute Gasteiger partial charge is 0.121 e. The van der Waals surface area contributed by atoms with E-state index in [9.17, 15) is 20.4 Å². The highest BCUT2D eigenvalue weighted by Crippen LogP contribution is 2.64. The molecule has 4 aliphatic rings. The van der Waals surface area contributed by atoms with E-state index in [4.69, 9.17) is 0 Å². The lowest BCUT2D eigenvalue weighted by molar-refractivity contribution is -0.239. The topological polar surface area (TPSA) is 80.9 Å². The van der Waals surface area contributed by atoms with Crippen molar-refractivity contribution in [2.75, 3.05) is 13.2 Å². The van der Waals surface area contributed by atoms with Crippen LogP contribution in [0.25, 0.3) is 0 Å². The van der Waals surface area contributed by atoms with E-state index in [1.807, 2.05) is 0 Å². The molecule has 0 spiro atoms. The lowest BCUT2D eigenvalue weighted by Crippen LogP contribution is -2.65. The van der Waals surface area contributed by atoms with E-state index >= 15 is 0 Å². The van der Waals surface area contributed by atoms with E-state index in [0.29, 0.717) is 17.8 Å². The Bertz CT molecular complexity index is 294. The summed E-state index contributed by atoms with van der Waals surface area (Å²) in [5.41, 5.74) is -1.91. The Balaban J connectivity index is 1.94. The number of aliphatic hydroxyl groups is 4. The average molecular weight is 256 g/mol. The van der Waals surface area contributed by atoms with Gasteiger partial charge < -0.3 is 20.4 Å². The van der Waals surface area contributed by atoms with Crippen LogP contribution in [-0.4, -0.2) is 45.3 Å². The number of aliphatic hydroxyl groups excluding tert-OH is 3. The van der Waals surface area contributed by atoms with Crippen LogP contribution in [0.2, 0.25) is 0 Å². The van der Waals surface area contributed by atoms with Gasteiger partial charge in [-0.3, -0.25) is 0 Å². The maximum atomic E-state index is 10.8. The fourth-order valence-electron chi connectivity index (χ4n) is 5.42. The molecule has 0 radical (unpaired) electrons. The molecule has 0 unspecified atom stereocenters. The molecule has 0 aliphatic heterocycles. The second kappa shape index (κ2) is 4.17. The summed E-state index contributed by atoms with van der Waals surface area (Å²) in [4.78, 5) is 0. The van der Waals surface area contributed by atoms with Crippen molar-refractivity contribution in [2.24, 2.45) is 23.2 Å². The van der Waals surface area contributed by atoms with Crippen LogP contribution in [0.15, 0.2) is 0 Å². The molecule has 18 heavy (non-hydrogen) atoms. The molecule has 0 heterocycles. The lowest BCUT2D eigenvalue weighted by Gasteiger charge is -2.62. The summed E-state index contributed by atoms with van der Waals surface area (Å²) >= 11 is 0. The van der Waals surface area contributed by atoms with Crippen LogP contribution in [0.3, 0.4) is 0 Å². The normalized spacial score (nSPS) is 47.0. The third kappa shape index (κ3) is 1.59. The summed E-state index contributed by atoms with van der Waals surface area (Å²) in [6, 6.07) is 0. The van der Waals surface area contributed by atoms with Gasteiger partial charge in [-0.1, -0.05) is 0 Å². The number of rotatable bonds is 4. The van der Waals surface area contributed by atoms with Crippen LogP contribution >= 0.6 is 0 Å². The van der Waals surface area contributed by atoms with Gasteiger partial charge in [0.1, 0.15) is 11.7 Å². The lowest BCUT2D eigenvalue weighted by atomic mass is 9.44. The van der Waals surface area contributed by atoms with Gasteiger partial charge in [-0.15, -0.1) is 0 Å². The Morgan fingerprint density at radius 3 is 1.78 bits per heavy atom. The van der Waals surface area contributed by atoms with Crippen molar-refractivity contribution in [3.05, 3.63) is 0 Å². The quantitative estimate of drug-likeness (QED) is 0.582. The average Bonchev–Trinajstić information content (AvgIpc) is 2.35. The predicted octanol–water partition coefficient (Wildman–Crippen LogP) is 0.279. The van der Waals surface area contributed by atoms with E-state index in [2.05, 4.69) is 0 Å². The summed E-state index contributed by atoms with van der Waals surface area (Å²) in [5.74, 6) is 1.92. The molecule has 2 atom stereocenters. The third-order valence-corrected chi connectivity index (χ3v) is 5.92. The fraction of sp³-hybridized carbons (Fsp3) is 1.00. The number of hydrogen-bond donors (Lipinski definition) is 4. The van der Waals surface area contributed by atoms with Crippen LogP contribution in [0, 0.1) is 23.2 Å². The van der Waals surface area contributed by atoms with Crippen molar-refractivity contribution in [1.82, 2.24) is 0 Å². The summed E-state index contributed by atoms with van der Waals surface area (Å²) in [6.45, 7) is -0.945. The molecule has 4 rings (SSSR count). The molecular weight excluding hydrogens is 232 g/mol. The van der Waals surface area contributed by atoms with Crippen molar-refractivity contribution in [2.45, 2.75) is 50.2 Å². The molecule has 4 saturated carbocycles. The first-order valence-corrected chi connectivity index (χ1v) is 7.15. The highest BCUT2D eigenvalue weighted by molar-refractivity contribution is 5.12. The van der Waals surface area contributed by atoms with E-state index in [1.54, 1.807) is 0 Å². The zero-order chi connectivity index (χ0) is 13.0. The molecule has 0 amide bonds. The Hall–Kier alpha value is -0.160. The molecule has 104 valence electrons. The maximum absolute atomic E-state index is 10.8. The molecule has 4 N–H and O–H groups in total. The fourth-order valence-corrected chi connectivity index (χ4v) is 5.42. The highest BCUT2D eigenvalue weighted by atomic mass is 16.4. The van der Waals surface area contributed by atoms with Crippen molar-refractivity contribution in [3.8, 4) is 0 Å². The maximum Gasteiger partial charge on any atom is 0.121 e. The summed E-state index contributed by atoms with van der Waals surface area (Å²) in [6.07, 6.45) is 5.19. The standard InChI is InChI=1S/C14H24O4/c15-7-12(17)14(18,8-16)13-4-9-1-10(5-13)3-11(2-9)6-13/h9-12,15-18H,1-8H2/t9?,10?,11?,12-,13?,14+/m1/s1. The first-order chi connectivity index (χ1) is 8.53. The van der Waals surface area contributed by atoms with Crippen molar-refractivity contribution in [3.63, 3.8) is 0 Å². The third-order valence-electron chi connectivity index (χ3n) is 5.92. The molecule has 0 aromatic carbocycles. The zero-order valence-corrected chi connectivity index (χ0v) is 10.8. The molecule has 0 aromatic rings. The minimum Gasteiger partial charge on any atom is -0.394 e. The summed E-state index contributed by atoms with van der Waals surface area (Å²) in [5, 5.41) is 39.6. The van der Waals surface area contributed by atoms with Crippen LogP contribution in [0.4, 0.5) is 0 Å².